The third-order valence-electron chi connectivity index (χ3n) is 4.76. The second-order valence-corrected chi connectivity index (χ2v) is 9.27. The summed E-state index contributed by atoms with van der Waals surface area (Å²) in [6.07, 6.45) is 0.678. The summed E-state index contributed by atoms with van der Waals surface area (Å²) in [7, 11) is -3.60. The fourth-order valence-corrected chi connectivity index (χ4v) is 4.26. The smallest absolute Gasteiger partial charge is 0.262 e. The van der Waals surface area contributed by atoms with Crippen molar-refractivity contribution in [1.29, 1.82) is 0 Å². The van der Waals surface area contributed by atoms with Gasteiger partial charge in [0, 0.05) is 29.1 Å². The second-order valence-electron chi connectivity index (χ2n) is 7.56. The Labute approximate surface area is 192 Å². The molecule has 174 valence electrons. The number of benzene rings is 2. The zero-order valence-electron chi connectivity index (χ0n) is 18.6. The number of amides is 1. The number of hydrogen-bond acceptors (Lipinski definition) is 6. The van der Waals surface area contributed by atoms with E-state index in [9.17, 15) is 18.0 Å². The molecule has 0 saturated heterocycles. The second kappa shape index (κ2) is 10.4. The van der Waals surface area contributed by atoms with Crippen molar-refractivity contribution < 1.29 is 17.9 Å². The Morgan fingerprint density at radius 2 is 1.88 bits per heavy atom. The fraction of sp³-hybridized carbons (Fsp3) is 0.261. The van der Waals surface area contributed by atoms with E-state index >= 15 is 0 Å². The van der Waals surface area contributed by atoms with E-state index in [1.54, 1.807) is 38.1 Å². The van der Waals surface area contributed by atoms with Crippen LogP contribution in [0.3, 0.4) is 0 Å². The van der Waals surface area contributed by atoms with Gasteiger partial charge in [-0.25, -0.2) is 18.1 Å². The molecule has 1 aromatic heterocycles. The molecule has 1 heterocycles. The van der Waals surface area contributed by atoms with Crippen molar-refractivity contribution in [2.24, 2.45) is 0 Å². The van der Waals surface area contributed by atoms with Crippen LogP contribution in [0.5, 0.6) is 5.75 Å². The molecular weight excluding hydrogens is 444 g/mol. The topological polar surface area (TPSA) is 130 Å². The third kappa shape index (κ3) is 6.74. The Kier molecular flexibility index (Phi) is 7.62. The van der Waals surface area contributed by atoms with Crippen LogP contribution in [0.25, 0.3) is 11.4 Å². The Hall–Kier alpha value is -3.50. The zero-order valence-corrected chi connectivity index (χ0v) is 19.4. The number of ether oxygens (including phenoxy) is 1. The third-order valence-corrected chi connectivity index (χ3v) is 6.37. The summed E-state index contributed by atoms with van der Waals surface area (Å²) in [4.78, 5) is 31.1. The molecule has 10 heteroatoms. The van der Waals surface area contributed by atoms with Crippen LogP contribution in [0.4, 0.5) is 5.69 Å². The zero-order chi connectivity index (χ0) is 24.0. The van der Waals surface area contributed by atoms with E-state index in [1.807, 2.05) is 6.92 Å². The van der Waals surface area contributed by atoms with Crippen LogP contribution in [0.15, 0.2) is 64.3 Å². The highest BCUT2D eigenvalue weighted by molar-refractivity contribution is 7.89. The van der Waals surface area contributed by atoms with E-state index in [0.717, 1.165) is 0 Å². The number of aryl methyl sites for hydroxylation is 1. The molecule has 3 aromatic rings. The Balaban J connectivity index is 1.60. The van der Waals surface area contributed by atoms with Gasteiger partial charge in [0.2, 0.25) is 10.0 Å². The molecule has 33 heavy (non-hydrogen) atoms. The minimum atomic E-state index is -3.60. The van der Waals surface area contributed by atoms with E-state index in [0.29, 0.717) is 34.9 Å². The molecule has 3 N–H and O–H groups in total. The summed E-state index contributed by atoms with van der Waals surface area (Å²) < 4.78 is 32.7. The summed E-state index contributed by atoms with van der Waals surface area (Å²) in [6, 6.07) is 14.0. The standard InChI is InChI=1S/C23H26N4O5S/c1-4-15(2)27-33(30,31)20-10-8-19(9-11-20)32-14-22(29)25-18-7-5-6-17(13-18)23-24-16(3)12-21(28)26-23/h5-13,15,27H,4,14H2,1-3H3,(H,25,29)(H,24,26,28)/t15-/m1/s1. The van der Waals surface area contributed by atoms with Crippen LogP contribution in [0.2, 0.25) is 0 Å². The van der Waals surface area contributed by atoms with Crippen LogP contribution < -0.4 is 20.3 Å². The number of nitrogens with zero attached hydrogens (tertiary/aromatic N) is 1. The molecule has 0 aliphatic heterocycles. The lowest BCUT2D eigenvalue weighted by molar-refractivity contribution is -0.118. The van der Waals surface area contributed by atoms with Gasteiger partial charge in [0.15, 0.2) is 6.61 Å². The minimum absolute atomic E-state index is 0.124. The predicted molar refractivity (Wildman–Crippen MR) is 126 cm³/mol. The first kappa shape index (κ1) is 24.1. The van der Waals surface area contributed by atoms with Crippen LogP contribution in [0.1, 0.15) is 26.0 Å². The lowest BCUT2D eigenvalue weighted by Gasteiger charge is -2.12. The number of sulfonamides is 1. The molecule has 0 saturated carbocycles. The maximum atomic E-state index is 12.3. The van der Waals surface area contributed by atoms with Crippen LogP contribution in [-0.4, -0.2) is 36.9 Å². The highest BCUT2D eigenvalue weighted by Crippen LogP contribution is 2.19. The normalized spacial score (nSPS) is 12.2. The highest BCUT2D eigenvalue weighted by Gasteiger charge is 2.16. The summed E-state index contributed by atoms with van der Waals surface area (Å²) in [5.41, 5.74) is 1.50. The van der Waals surface area contributed by atoms with Gasteiger partial charge >= 0.3 is 0 Å². The average Bonchev–Trinajstić information content (AvgIpc) is 2.77. The molecule has 1 amide bonds. The Morgan fingerprint density at radius 1 is 1.15 bits per heavy atom. The number of aromatic amines is 1. The molecule has 0 bridgehead atoms. The number of carbonyl (C=O) groups excluding carboxylic acids is 1. The monoisotopic (exact) mass is 470 g/mol. The average molecular weight is 471 g/mol. The SMILES string of the molecule is CC[C@@H](C)NS(=O)(=O)c1ccc(OCC(=O)Nc2cccc(-c3nc(C)cc(=O)[nH]3)c2)cc1. The van der Waals surface area contributed by atoms with E-state index in [-0.39, 0.29) is 23.1 Å². The van der Waals surface area contributed by atoms with E-state index in [1.165, 1.54) is 30.3 Å². The molecule has 3 rings (SSSR count). The first-order chi connectivity index (χ1) is 15.7. The number of anilines is 1. The van der Waals surface area contributed by atoms with Crippen molar-refractivity contribution in [1.82, 2.24) is 14.7 Å². The van der Waals surface area contributed by atoms with Gasteiger partial charge in [0.05, 0.1) is 4.90 Å². The fourth-order valence-electron chi connectivity index (χ4n) is 2.94. The molecule has 0 fully saturated rings. The van der Waals surface area contributed by atoms with Gasteiger partial charge in [0.1, 0.15) is 11.6 Å². The van der Waals surface area contributed by atoms with Crippen LogP contribution >= 0.6 is 0 Å². The molecule has 0 radical (unpaired) electrons. The number of H-pyrrole nitrogens is 1. The Morgan fingerprint density at radius 3 is 2.55 bits per heavy atom. The molecule has 9 nitrogen and oxygen atoms in total. The lowest BCUT2D eigenvalue weighted by atomic mass is 10.2. The maximum absolute atomic E-state index is 12.3. The van der Waals surface area contributed by atoms with Gasteiger partial charge in [-0.2, -0.15) is 0 Å². The maximum Gasteiger partial charge on any atom is 0.262 e. The van der Waals surface area contributed by atoms with Crippen molar-refractivity contribution in [3.8, 4) is 17.1 Å². The van der Waals surface area contributed by atoms with Crippen molar-refractivity contribution >= 4 is 21.6 Å². The predicted octanol–water partition coefficient (Wildman–Crippen LogP) is 2.84. The van der Waals surface area contributed by atoms with E-state index < -0.39 is 15.9 Å². The van der Waals surface area contributed by atoms with Crippen LogP contribution in [0, 0.1) is 6.92 Å². The molecule has 2 aromatic carbocycles. The van der Waals surface area contributed by atoms with Gasteiger partial charge in [-0.1, -0.05) is 19.1 Å². The summed E-state index contributed by atoms with van der Waals surface area (Å²) in [6.45, 7) is 5.15. The number of hydrogen-bond donors (Lipinski definition) is 3. The molecule has 0 aliphatic rings. The Bertz CT molecular complexity index is 1290. The number of nitrogens with one attached hydrogen (secondary N) is 3. The number of aromatic nitrogens is 2. The molecular formula is C23H26N4O5S. The van der Waals surface area contributed by atoms with Crippen molar-refractivity contribution in [2.75, 3.05) is 11.9 Å². The highest BCUT2D eigenvalue weighted by atomic mass is 32.2. The van der Waals surface area contributed by atoms with Crippen molar-refractivity contribution in [3.05, 3.63) is 70.6 Å². The molecule has 1 atom stereocenters. The van der Waals surface area contributed by atoms with Gasteiger partial charge in [-0.05, 0) is 56.7 Å². The summed E-state index contributed by atoms with van der Waals surface area (Å²) in [5, 5.41) is 2.73. The van der Waals surface area contributed by atoms with E-state index in [4.69, 9.17) is 4.74 Å². The van der Waals surface area contributed by atoms with Gasteiger partial charge < -0.3 is 15.0 Å². The lowest BCUT2D eigenvalue weighted by Crippen LogP contribution is -2.31. The number of carbonyl (C=O) groups is 1. The van der Waals surface area contributed by atoms with Gasteiger partial charge in [0.25, 0.3) is 11.5 Å². The minimum Gasteiger partial charge on any atom is -0.484 e. The first-order valence-electron chi connectivity index (χ1n) is 10.4. The summed E-state index contributed by atoms with van der Waals surface area (Å²) >= 11 is 0. The van der Waals surface area contributed by atoms with Gasteiger partial charge in [-0.3, -0.25) is 9.59 Å². The quantitative estimate of drug-likeness (QED) is 0.441. The van der Waals surface area contributed by atoms with Crippen molar-refractivity contribution in [3.63, 3.8) is 0 Å². The molecule has 0 unspecified atom stereocenters. The first-order valence-corrected chi connectivity index (χ1v) is 11.9. The molecule has 0 spiro atoms. The summed E-state index contributed by atoms with van der Waals surface area (Å²) in [5.74, 6) is 0.376. The largest absolute Gasteiger partial charge is 0.484 e. The van der Waals surface area contributed by atoms with E-state index in [2.05, 4.69) is 20.0 Å². The van der Waals surface area contributed by atoms with Crippen LogP contribution in [-0.2, 0) is 14.8 Å². The molecule has 0 aliphatic carbocycles. The van der Waals surface area contributed by atoms with Gasteiger partial charge in [-0.15, -0.1) is 0 Å². The van der Waals surface area contributed by atoms with Crippen molar-refractivity contribution in [2.45, 2.75) is 38.1 Å². The number of rotatable bonds is 9.